The van der Waals surface area contributed by atoms with Gasteiger partial charge >= 0.3 is 0 Å². The predicted molar refractivity (Wildman–Crippen MR) is 75.2 cm³/mol. The molecule has 1 amide bonds. The molecule has 2 rings (SSSR count). The zero-order chi connectivity index (χ0) is 14.4. The van der Waals surface area contributed by atoms with Gasteiger partial charge in [0.2, 0.25) is 5.91 Å². The van der Waals surface area contributed by atoms with E-state index in [1.54, 1.807) is 13.1 Å². The van der Waals surface area contributed by atoms with Crippen molar-refractivity contribution in [1.29, 1.82) is 0 Å². The minimum Gasteiger partial charge on any atom is -0.378 e. The molecule has 0 unspecified atom stereocenters. The average molecular weight is 281 g/mol. The van der Waals surface area contributed by atoms with Gasteiger partial charge < -0.3 is 20.3 Å². The highest BCUT2D eigenvalue weighted by Gasteiger charge is 2.15. The first-order valence-corrected chi connectivity index (χ1v) is 6.73. The second kappa shape index (κ2) is 7.21. The van der Waals surface area contributed by atoms with Crippen molar-refractivity contribution >= 4 is 11.6 Å². The van der Waals surface area contributed by atoms with E-state index in [1.165, 1.54) is 6.07 Å². The van der Waals surface area contributed by atoms with Gasteiger partial charge in [-0.15, -0.1) is 0 Å². The Morgan fingerprint density at radius 2 is 2.15 bits per heavy atom. The fourth-order valence-corrected chi connectivity index (χ4v) is 2.14. The number of carbonyl (C=O) groups is 1. The summed E-state index contributed by atoms with van der Waals surface area (Å²) in [4.78, 5) is 13.3. The lowest BCUT2D eigenvalue weighted by atomic mass is 10.1. The number of halogens is 1. The van der Waals surface area contributed by atoms with Crippen LogP contribution in [0.2, 0.25) is 0 Å². The lowest BCUT2D eigenvalue weighted by molar-refractivity contribution is -0.120. The SMILES string of the molecule is CNCC(=O)NCc1ccc(N2CCOCC2)c(F)c1. The molecular formula is C14H20FN3O2. The second-order valence-corrected chi connectivity index (χ2v) is 4.69. The molecule has 1 aromatic carbocycles. The Kier molecular flexibility index (Phi) is 5.31. The molecule has 1 aliphatic rings. The van der Waals surface area contributed by atoms with Gasteiger partial charge in [0.25, 0.3) is 0 Å². The molecular weight excluding hydrogens is 261 g/mol. The molecule has 0 spiro atoms. The third kappa shape index (κ3) is 3.91. The summed E-state index contributed by atoms with van der Waals surface area (Å²) in [6.45, 7) is 3.25. The van der Waals surface area contributed by atoms with Crippen molar-refractivity contribution in [1.82, 2.24) is 10.6 Å². The zero-order valence-corrected chi connectivity index (χ0v) is 11.6. The maximum atomic E-state index is 14.1. The molecule has 20 heavy (non-hydrogen) atoms. The summed E-state index contributed by atoms with van der Waals surface area (Å²) < 4.78 is 19.4. The Morgan fingerprint density at radius 1 is 1.40 bits per heavy atom. The molecule has 1 aromatic rings. The van der Waals surface area contributed by atoms with Crippen molar-refractivity contribution in [2.24, 2.45) is 0 Å². The van der Waals surface area contributed by atoms with Crippen LogP contribution < -0.4 is 15.5 Å². The van der Waals surface area contributed by atoms with E-state index in [1.807, 2.05) is 11.0 Å². The van der Waals surface area contributed by atoms with E-state index in [9.17, 15) is 9.18 Å². The number of carbonyl (C=O) groups excluding carboxylic acids is 1. The van der Waals surface area contributed by atoms with Gasteiger partial charge in [0.15, 0.2) is 0 Å². The summed E-state index contributed by atoms with van der Waals surface area (Å²) in [5.41, 5.74) is 1.35. The van der Waals surface area contributed by atoms with Crippen LogP contribution in [0.15, 0.2) is 18.2 Å². The maximum Gasteiger partial charge on any atom is 0.234 e. The third-order valence-corrected chi connectivity index (χ3v) is 3.19. The largest absolute Gasteiger partial charge is 0.378 e. The number of rotatable bonds is 5. The Balaban J connectivity index is 1.96. The van der Waals surface area contributed by atoms with E-state index in [-0.39, 0.29) is 18.3 Å². The molecule has 1 fully saturated rings. The Labute approximate surface area is 118 Å². The van der Waals surface area contributed by atoms with Crippen LogP contribution in [0.1, 0.15) is 5.56 Å². The van der Waals surface area contributed by atoms with Gasteiger partial charge in [0.05, 0.1) is 25.4 Å². The number of hydrogen-bond donors (Lipinski definition) is 2. The van der Waals surface area contributed by atoms with Crippen LogP contribution >= 0.6 is 0 Å². The molecule has 0 aliphatic carbocycles. The highest BCUT2D eigenvalue weighted by molar-refractivity contribution is 5.77. The van der Waals surface area contributed by atoms with Crippen molar-refractivity contribution in [2.75, 3.05) is 44.8 Å². The first-order valence-electron chi connectivity index (χ1n) is 6.73. The number of nitrogens with one attached hydrogen (secondary N) is 2. The average Bonchev–Trinajstić information content (AvgIpc) is 2.46. The van der Waals surface area contributed by atoms with Gasteiger partial charge in [-0.2, -0.15) is 0 Å². The number of nitrogens with zero attached hydrogens (tertiary/aromatic N) is 1. The van der Waals surface area contributed by atoms with E-state index < -0.39 is 0 Å². The minimum atomic E-state index is -0.257. The van der Waals surface area contributed by atoms with Crippen LogP contribution in [-0.2, 0) is 16.1 Å². The summed E-state index contributed by atoms with van der Waals surface area (Å²) in [5.74, 6) is -0.363. The topological polar surface area (TPSA) is 53.6 Å². The van der Waals surface area contributed by atoms with Crippen molar-refractivity contribution in [3.63, 3.8) is 0 Å². The van der Waals surface area contributed by atoms with Crippen LogP contribution in [0.5, 0.6) is 0 Å². The number of amides is 1. The number of likely N-dealkylation sites (N-methyl/N-ethyl adjacent to an activating group) is 1. The molecule has 0 saturated carbocycles. The highest BCUT2D eigenvalue weighted by Crippen LogP contribution is 2.21. The quantitative estimate of drug-likeness (QED) is 0.825. The van der Waals surface area contributed by atoms with Gasteiger partial charge in [0, 0.05) is 19.6 Å². The van der Waals surface area contributed by atoms with Crippen LogP contribution in [0.4, 0.5) is 10.1 Å². The standard InChI is InChI=1S/C14H20FN3O2/c1-16-10-14(19)17-9-11-2-3-13(12(15)8-11)18-4-6-20-7-5-18/h2-3,8,16H,4-7,9-10H2,1H3,(H,17,19). The van der Waals surface area contributed by atoms with Crippen molar-refractivity contribution in [3.8, 4) is 0 Å². The van der Waals surface area contributed by atoms with E-state index in [0.29, 0.717) is 38.5 Å². The smallest absolute Gasteiger partial charge is 0.234 e. The Bertz CT molecular complexity index is 462. The molecule has 110 valence electrons. The van der Waals surface area contributed by atoms with Crippen molar-refractivity contribution in [3.05, 3.63) is 29.6 Å². The first kappa shape index (κ1) is 14.7. The summed E-state index contributed by atoms with van der Waals surface area (Å²) in [7, 11) is 1.70. The van der Waals surface area contributed by atoms with Gasteiger partial charge in [-0.1, -0.05) is 6.07 Å². The zero-order valence-electron chi connectivity index (χ0n) is 11.6. The van der Waals surface area contributed by atoms with Crippen molar-refractivity contribution in [2.45, 2.75) is 6.54 Å². The molecule has 0 aromatic heterocycles. The van der Waals surface area contributed by atoms with Gasteiger partial charge in [-0.3, -0.25) is 4.79 Å². The molecule has 1 aliphatic heterocycles. The summed E-state index contributed by atoms with van der Waals surface area (Å²) >= 11 is 0. The van der Waals surface area contributed by atoms with Gasteiger partial charge in [-0.05, 0) is 24.7 Å². The minimum absolute atomic E-state index is 0.106. The molecule has 1 heterocycles. The second-order valence-electron chi connectivity index (χ2n) is 4.69. The highest BCUT2D eigenvalue weighted by atomic mass is 19.1. The van der Waals surface area contributed by atoms with E-state index in [0.717, 1.165) is 5.56 Å². The van der Waals surface area contributed by atoms with E-state index >= 15 is 0 Å². The fraction of sp³-hybridized carbons (Fsp3) is 0.500. The number of morpholine rings is 1. The van der Waals surface area contributed by atoms with Gasteiger partial charge in [0.1, 0.15) is 5.82 Å². The molecule has 2 N–H and O–H groups in total. The molecule has 0 radical (unpaired) electrons. The molecule has 5 nitrogen and oxygen atoms in total. The number of ether oxygens (including phenoxy) is 1. The van der Waals surface area contributed by atoms with Crippen LogP contribution in [0, 0.1) is 5.82 Å². The van der Waals surface area contributed by atoms with Crippen molar-refractivity contribution < 1.29 is 13.9 Å². The van der Waals surface area contributed by atoms with E-state index in [2.05, 4.69) is 10.6 Å². The third-order valence-electron chi connectivity index (χ3n) is 3.19. The van der Waals surface area contributed by atoms with Gasteiger partial charge in [-0.25, -0.2) is 4.39 Å². The summed E-state index contributed by atoms with van der Waals surface area (Å²) in [5, 5.41) is 5.49. The van der Waals surface area contributed by atoms with Crippen LogP contribution in [0.25, 0.3) is 0 Å². The monoisotopic (exact) mass is 281 g/mol. The first-order chi connectivity index (χ1) is 9.70. The molecule has 0 atom stereocenters. The van der Waals surface area contributed by atoms with E-state index in [4.69, 9.17) is 4.74 Å². The summed E-state index contributed by atoms with van der Waals surface area (Å²) in [6.07, 6.45) is 0. The number of benzene rings is 1. The predicted octanol–water partition coefficient (Wildman–Crippen LogP) is 0.498. The maximum absolute atomic E-state index is 14.1. The normalized spacial score (nSPS) is 15.2. The Morgan fingerprint density at radius 3 is 2.80 bits per heavy atom. The molecule has 1 saturated heterocycles. The number of hydrogen-bond acceptors (Lipinski definition) is 4. The fourth-order valence-electron chi connectivity index (χ4n) is 2.14. The molecule has 0 bridgehead atoms. The molecule has 6 heteroatoms. The number of anilines is 1. The lowest BCUT2D eigenvalue weighted by Gasteiger charge is -2.29. The Hall–Kier alpha value is -1.66. The summed E-state index contributed by atoms with van der Waals surface area (Å²) in [6, 6.07) is 5.08. The lowest BCUT2D eigenvalue weighted by Crippen LogP contribution is -2.36. The van der Waals surface area contributed by atoms with Crippen LogP contribution in [-0.4, -0.2) is 45.8 Å². The van der Waals surface area contributed by atoms with Crippen LogP contribution in [0.3, 0.4) is 0 Å².